The Morgan fingerprint density at radius 1 is 1.18 bits per heavy atom. The van der Waals surface area contributed by atoms with Crippen molar-refractivity contribution >= 4 is 23.8 Å². The highest BCUT2D eigenvalue weighted by molar-refractivity contribution is 5.94. The minimum Gasteiger partial charge on any atom is -0.496 e. The van der Waals surface area contributed by atoms with Gasteiger partial charge in [0.1, 0.15) is 34.5 Å². The molecule has 1 amide bonds. The molecule has 0 aliphatic carbocycles. The molecule has 0 saturated carbocycles. The molecule has 1 unspecified atom stereocenters. The van der Waals surface area contributed by atoms with E-state index in [1.807, 2.05) is 0 Å². The Kier molecular flexibility index (Phi) is 7.36. The molecule has 0 spiro atoms. The Hall–Kier alpha value is -4.54. The summed E-state index contributed by atoms with van der Waals surface area (Å²) < 4.78 is 11.8. The predicted molar refractivity (Wildman–Crippen MR) is 123 cm³/mol. The van der Waals surface area contributed by atoms with E-state index in [1.165, 1.54) is 31.9 Å². The summed E-state index contributed by atoms with van der Waals surface area (Å²) in [5, 5.41) is 19.2. The van der Waals surface area contributed by atoms with Gasteiger partial charge in [0.25, 0.3) is 5.91 Å². The fraction of sp³-hybridized carbons (Fsp3) is 0.217. The van der Waals surface area contributed by atoms with Crippen LogP contribution in [0.1, 0.15) is 40.3 Å². The molecule has 2 aromatic carbocycles. The van der Waals surface area contributed by atoms with E-state index in [0.29, 0.717) is 22.6 Å². The van der Waals surface area contributed by atoms with E-state index in [9.17, 15) is 19.7 Å². The molecule has 1 N–H and O–H groups in total. The average molecular weight is 465 g/mol. The van der Waals surface area contributed by atoms with Gasteiger partial charge in [0.2, 0.25) is 0 Å². The van der Waals surface area contributed by atoms with Gasteiger partial charge in [-0.05, 0) is 62.7 Å². The first-order chi connectivity index (χ1) is 16.2. The van der Waals surface area contributed by atoms with Crippen molar-refractivity contribution in [2.45, 2.75) is 26.8 Å². The Bertz CT molecular complexity index is 1250. The molecule has 0 bridgehead atoms. The minimum atomic E-state index is -0.804. The van der Waals surface area contributed by atoms with Crippen LogP contribution in [0.4, 0.5) is 5.69 Å². The van der Waals surface area contributed by atoms with Gasteiger partial charge in [-0.3, -0.25) is 19.6 Å². The number of para-hydroxylation sites is 1. The van der Waals surface area contributed by atoms with E-state index >= 15 is 0 Å². The van der Waals surface area contributed by atoms with Crippen molar-refractivity contribution in [1.82, 2.24) is 15.2 Å². The van der Waals surface area contributed by atoms with Crippen molar-refractivity contribution < 1.29 is 24.0 Å². The number of methoxy groups -OCH3 is 1. The number of rotatable bonds is 8. The van der Waals surface area contributed by atoms with Crippen LogP contribution in [-0.2, 0) is 4.79 Å². The molecule has 34 heavy (non-hydrogen) atoms. The number of nitrogens with zero attached hydrogens (tertiary/aromatic N) is 4. The lowest BCUT2D eigenvalue weighted by atomic mass is 10.2. The Morgan fingerprint density at radius 2 is 1.85 bits per heavy atom. The van der Waals surface area contributed by atoms with Gasteiger partial charge >= 0.3 is 11.7 Å². The molecular weight excluding hydrogens is 442 g/mol. The molecule has 0 fully saturated rings. The highest BCUT2D eigenvalue weighted by Gasteiger charge is 2.26. The van der Waals surface area contributed by atoms with Crippen molar-refractivity contribution in [3.63, 3.8) is 0 Å². The van der Waals surface area contributed by atoms with Crippen LogP contribution in [-0.4, -0.2) is 39.9 Å². The van der Waals surface area contributed by atoms with E-state index in [4.69, 9.17) is 9.47 Å². The highest BCUT2D eigenvalue weighted by Crippen LogP contribution is 2.24. The lowest BCUT2D eigenvalue weighted by molar-refractivity contribution is -0.386. The molecule has 1 aromatic heterocycles. The Labute approximate surface area is 195 Å². The zero-order valence-electron chi connectivity index (χ0n) is 19.0. The topological polar surface area (TPSA) is 138 Å². The number of esters is 1. The van der Waals surface area contributed by atoms with Gasteiger partial charge < -0.3 is 9.47 Å². The summed E-state index contributed by atoms with van der Waals surface area (Å²) in [4.78, 5) is 35.4. The third kappa shape index (κ3) is 5.26. The smallest absolute Gasteiger partial charge is 0.347 e. The van der Waals surface area contributed by atoms with Crippen molar-refractivity contribution in [2.24, 2.45) is 5.10 Å². The van der Waals surface area contributed by atoms with Crippen molar-refractivity contribution in [1.29, 1.82) is 0 Å². The quantitative estimate of drug-likeness (QED) is 0.177. The number of benzene rings is 2. The van der Waals surface area contributed by atoms with Crippen LogP contribution in [0.25, 0.3) is 0 Å². The normalized spacial score (nSPS) is 11.8. The van der Waals surface area contributed by atoms with Gasteiger partial charge in [0.05, 0.1) is 18.2 Å². The molecule has 3 rings (SSSR count). The number of carbonyl (C=O) groups excluding carboxylic acids is 2. The highest BCUT2D eigenvalue weighted by atomic mass is 16.6. The molecule has 1 atom stereocenters. The molecule has 0 radical (unpaired) electrons. The first-order valence-electron chi connectivity index (χ1n) is 10.2. The second-order valence-electron chi connectivity index (χ2n) is 7.29. The summed E-state index contributed by atoms with van der Waals surface area (Å²) in [7, 11) is 1.47. The number of ether oxygens (including phenoxy) is 2. The second-order valence-corrected chi connectivity index (χ2v) is 7.29. The minimum absolute atomic E-state index is 0.116. The predicted octanol–water partition coefficient (Wildman–Crippen LogP) is 3.35. The van der Waals surface area contributed by atoms with E-state index < -0.39 is 22.8 Å². The van der Waals surface area contributed by atoms with Gasteiger partial charge in [-0.25, -0.2) is 10.2 Å². The number of aromatic nitrogens is 2. The molecule has 3 aromatic rings. The number of aryl methyl sites for hydroxylation is 1. The van der Waals surface area contributed by atoms with E-state index in [2.05, 4.69) is 15.6 Å². The van der Waals surface area contributed by atoms with Gasteiger partial charge in [-0.2, -0.15) is 10.2 Å². The summed E-state index contributed by atoms with van der Waals surface area (Å²) in [6.45, 7) is 4.62. The monoisotopic (exact) mass is 465 g/mol. The van der Waals surface area contributed by atoms with Gasteiger partial charge in [-0.1, -0.05) is 12.1 Å². The zero-order valence-corrected chi connectivity index (χ0v) is 19.0. The number of hydrogen-bond donors (Lipinski definition) is 1. The molecule has 176 valence electrons. The molecule has 0 aliphatic heterocycles. The number of hydrazone groups is 1. The average Bonchev–Trinajstić information content (AvgIpc) is 3.13. The van der Waals surface area contributed by atoms with E-state index in [0.717, 1.165) is 0 Å². The molecule has 1 heterocycles. The number of nitrogens with one attached hydrogen (secondary N) is 1. The van der Waals surface area contributed by atoms with Crippen LogP contribution < -0.4 is 14.9 Å². The third-order valence-electron chi connectivity index (χ3n) is 5.02. The number of amides is 1. The fourth-order valence-electron chi connectivity index (χ4n) is 3.27. The largest absolute Gasteiger partial charge is 0.496 e. The number of nitro groups is 1. The lowest BCUT2D eigenvalue weighted by Gasteiger charge is -2.11. The van der Waals surface area contributed by atoms with Crippen LogP contribution in [0.5, 0.6) is 11.5 Å². The Morgan fingerprint density at radius 3 is 2.47 bits per heavy atom. The second kappa shape index (κ2) is 10.4. The summed E-state index contributed by atoms with van der Waals surface area (Å²) in [5.41, 5.74) is 3.75. The van der Waals surface area contributed by atoms with Gasteiger partial charge in [0, 0.05) is 0 Å². The van der Waals surface area contributed by atoms with Crippen molar-refractivity contribution in [3.8, 4) is 11.5 Å². The molecule has 11 nitrogen and oxygen atoms in total. The van der Waals surface area contributed by atoms with Crippen LogP contribution in [0.3, 0.4) is 0 Å². The van der Waals surface area contributed by atoms with Crippen LogP contribution >= 0.6 is 0 Å². The molecule has 0 aliphatic rings. The Balaban J connectivity index is 1.60. The maximum atomic E-state index is 12.4. The molecular formula is C23H23N5O6. The van der Waals surface area contributed by atoms with Crippen LogP contribution in [0.15, 0.2) is 53.6 Å². The summed E-state index contributed by atoms with van der Waals surface area (Å²) in [6, 6.07) is 12.4. The zero-order chi connectivity index (χ0) is 24.8. The number of hydrogen-bond acceptors (Lipinski definition) is 8. The summed E-state index contributed by atoms with van der Waals surface area (Å²) in [6.07, 6.45) is 1.42. The molecule has 11 heteroatoms. The van der Waals surface area contributed by atoms with Gasteiger partial charge in [0.15, 0.2) is 0 Å². The summed E-state index contributed by atoms with van der Waals surface area (Å²) in [5.74, 6) is -0.295. The maximum absolute atomic E-state index is 12.4. The van der Waals surface area contributed by atoms with Crippen LogP contribution in [0.2, 0.25) is 0 Å². The fourth-order valence-corrected chi connectivity index (χ4v) is 3.27. The summed E-state index contributed by atoms with van der Waals surface area (Å²) >= 11 is 0. The number of carbonyl (C=O) groups is 2. The van der Waals surface area contributed by atoms with Crippen molar-refractivity contribution in [2.75, 3.05) is 7.11 Å². The van der Waals surface area contributed by atoms with E-state index in [1.54, 1.807) is 55.5 Å². The van der Waals surface area contributed by atoms with Crippen LogP contribution in [0, 0.1) is 24.0 Å². The third-order valence-corrected chi connectivity index (χ3v) is 5.02. The standard InChI is InChI=1S/C23H23N5O6/c1-14-21(28(31)32)15(2)27(26-14)16(3)22(29)25-24-13-17-9-11-18(12-10-17)34-23(30)19-7-5-6-8-20(19)33-4/h5-13,16H,1-4H3,(H,25,29)/b24-13+. The maximum Gasteiger partial charge on any atom is 0.347 e. The van der Waals surface area contributed by atoms with Crippen molar-refractivity contribution in [3.05, 3.63) is 81.2 Å². The van der Waals surface area contributed by atoms with E-state index in [-0.39, 0.29) is 17.1 Å². The first kappa shape index (κ1) is 24.1. The van der Waals surface area contributed by atoms with Gasteiger partial charge in [-0.15, -0.1) is 0 Å². The lowest BCUT2D eigenvalue weighted by Crippen LogP contribution is -2.28. The molecule has 0 saturated heterocycles. The SMILES string of the molecule is COc1ccccc1C(=O)Oc1ccc(/C=N/NC(=O)C(C)n2nc(C)c([N+](=O)[O-])c2C)cc1. The first-order valence-corrected chi connectivity index (χ1v) is 10.2.